The summed E-state index contributed by atoms with van der Waals surface area (Å²) in [6, 6.07) is 22.6. The van der Waals surface area contributed by atoms with Gasteiger partial charge in [-0.3, -0.25) is 4.98 Å². The van der Waals surface area contributed by atoms with Gasteiger partial charge in [-0.2, -0.15) is 0 Å². The normalized spacial score (nSPS) is 14.2. The summed E-state index contributed by atoms with van der Waals surface area (Å²) < 4.78 is 22.3. The minimum atomic E-state index is -0.455. The van der Waals surface area contributed by atoms with E-state index in [2.05, 4.69) is 47.1 Å². The average molecular weight is 639 g/mol. The second-order valence-corrected chi connectivity index (χ2v) is 12.0. The molecule has 1 atom stereocenters. The SMILES string of the molecule is CCCCOC(=O)c1nc(CC2CCN(c3ccc(-c4ccc(C(C)OCOC)cn4)cc3)CC2)nc(C)c1OCc1ccccc1. The number of piperidine rings is 1. The predicted octanol–water partition coefficient (Wildman–Crippen LogP) is 7.52. The predicted molar refractivity (Wildman–Crippen MR) is 182 cm³/mol. The first-order valence-electron chi connectivity index (χ1n) is 16.6. The number of carbonyl (C=O) groups is 1. The molecule has 2 aromatic carbocycles. The Morgan fingerprint density at radius 3 is 2.45 bits per heavy atom. The first-order valence-corrected chi connectivity index (χ1v) is 16.6. The van der Waals surface area contributed by atoms with E-state index in [0.717, 1.165) is 61.2 Å². The number of nitrogens with zero attached hydrogens (tertiary/aromatic N) is 4. The molecule has 1 aliphatic heterocycles. The van der Waals surface area contributed by atoms with Gasteiger partial charge in [0.2, 0.25) is 0 Å². The van der Waals surface area contributed by atoms with E-state index in [-0.39, 0.29) is 18.6 Å². The molecule has 1 unspecified atom stereocenters. The molecule has 9 nitrogen and oxygen atoms in total. The molecule has 0 spiro atoms. The lowest BCUT2D eigenvalue weighted by Crippen LogP contribution is -2.34. The van der Waals surface area contributed by atoms with Crippen molar-refractivity contribution >= 4 is 11.7 Å². The fraction of sp³-hybridized carbons (Fsp3) is 0.421. The summed E-state index contributed by atoms with van der Waals surface area (Å²) in [6.45, 7) is 8.76. The van der Waals surface area contributed by atoms with Crippen LogP contribution in [-0.2, 0) is 27.2 Å². The summed E-state index contributed by atoms with van der Waals surface area (Å²) in [5.74, 6) is 1.03. The van der Waals surface area contributed by atoms with Crippen LogP contribution in [0.3, 0.4) is 0 Å². The Hall–Kier alpha value is -4.34. The molecule has 3 heterocycles. The third-order valence-electron chi connectivity index (χ3n) is 8.54. The van der Waals surface area contributed by atoms with Crippen molar-refractivity contribution in [1.29, 1.82) is 0 Å². The highest BCUT2D eigenvalue weighted by molar-refractivity contribution is 5.90. The number of rotatable bonds is 15. The van der Waals surface area contributed by atoms with Crippen molar-refractivity contribution < 1.29 is 23.7 Å². The standard InChI is InChI=1S/C38H46N4O5/c1-5-6-22-45-38(43)36-37(46-25-30-10-8-7-9-11-30)27(2)40-35(41-36)23-29-18-20-42(21-19-29)33-15-12-31(13-16-33)34-17-14-32(24-39-34)28(3)47-26-44-4/h7-17,24,28-29H,5-6,18-23,25-26H2,1-4H3. The summed E-state index contributed by atoms with van der Waals surface area (Å²) >= 11 is 0. The molecule has 2 aromatic heterocycles. The van der Waals surface area contributed by atoms with Crippen molar-refractivity contribution in [1.82, 2.24) is 15.0 Å². The minimum absolute atomic E-state index is 0.0789. The van der Waals surface area contributed by atoms with Crippen LogP contribution in [0.4, 0.5) is 5.69 Å². The number of aryl methyl sites for hydroxylation is 1. The molecule has 248 valence electrons. The summed E-state index contributed by atoms with van der Waals surface area (Å²) in [4.78, 5) is 29.7. The number of benzene rings is 2. The van der Waals surface area contributed by atoms with Gasteiger partial charge in [-0.15, -0.1) is 0 Å². The van der Waals surface area contributed by atoms with Gasteiger partial charge >= 0.3 is 5.97 Å². The lowest BCUT2D eigenvalue weighted by atomic mass is 9.92. The molecule has 1 aliphatic rings. The van der Waals surface area contributed by atoms with Crippen molar-refractivity contribution in [3.63, 3.8) is 0 Å². The van der Waals surface area contributed by atoms with Crippen LogP contribution in [0.1, 0.15) is 78.8 Å². The second kappa shape index (κ2) is 17.0. The van der Waals surface area contributed by atoms with E-state index in [1.165, 1.54) is 5.69 Å². The topological polar surface area (TPSA) is 95.9 Å². The van der Waals surface area contributed by atoms with E-state index < -0.39 is 5.97 Å². The van der Waals surface area contributed by atoms with E-state index in [1.807, 2.05) is 56.4 Å². The molecule has 0 amide bonds. The molecule has 5 rings (SSSR count). The fourth-order valence-electron chi connectivity index (χ4n) is 5.71. The zero-order chi connectivity index (χ0) is 33.0. The average Bonchev–Trinajstić information content (AvgIpc) is 3.11. The number of carbonyl (C=O) groups excluding carboxylic acids is 1. The monoisotopic (exact) mass is 638 g/mol. The highest BCUT2D eigenvalue weighted by atomic mass is 16.7. The molecule has 0 saturated carbocycles. The molecular formula is C38H46N4O5. The van der Waals surface area contributed by atoms with Gasteiger partial charge < -0.3 is 23.8 Å². The molecule has 0 bridgehead atoms. The van der Waals surface area contributed by atoms with Crippen molar-refractivity contribution in [2.75, 3.05) is 38.5 Å². The van der Waals surface area contributed by atoms with Crippen LogP contribution in [0.5, 0.6) is 5.75 Å². The Labute approximate surface area is 278 Å². The number of ether oxygens (including phenoxy) is 4. The maximum absolute atomic E-state index is 13.1. The molecule has 0 aliphatic carbocycles. The summed E-state index contributed by atoms with van der Waals surface area (Å²) in [5, 5.41) is 0. The lowest BCUT2D eigenvalue weighted by Gasteiger charge is -2.33. The molecule has 1 saturated heterocycles. The van der Waals surface area contributed by atoms with Crippen molar-refractivity contribution in [2.24, 2.45) is 5.92 Å². The number of esters is 1. The largest absolute Gasteiger partial charge is 0.484 e. The zero-order valence-electron chi connectivity index (χ0n) is 28.0. The van der Waals surface area contributed by atoms with Crippen LogP contribution < -0.4 is 9.64 Å². The molecule has 4 aromatic rings. The van der Waals surface area contributed by atoms with Crippen LogP contribution in [-0.4, -0.2) is 54.5 Å². The van der Waals surface area contributed by atoms with Gasteiger partial charge in [0.1, 0.15) is 19.2 Å². The number of methoxy groups -OCH3 is 1. The Morgan fingerprint density at radius 2 is 1.77 bits per heavy atom. The third-order valence-corrected chi connectivity index (χ3v) is 8.54. The van der Waals surface area contributed by atoms with Gasteiger partial charge in [-0.05, 0) is 68.4 Å². The number of aromatic nitrogens is 3. The third kappa shape index (κ3) is 9.36. The smallest absolute Gasteiger partial charge is 0.360 e. The maximum atomic E-state index is 13.1. The number of pyridine rings is 1. The second-order valence-electron chi connectivity index (χ2n) is 12.0. The summed E-state index contributed by atoms with van der Waals surface area (Å²) in [6.07, 6.45) is 6.27. The van der Waals surface area contributed by atoms with Crippen molar-refractivity contribution in [2.45, 2.75) is 65.6 Å². The van der Waals surface area contributed by atoms with Gasteiger partial charge in [0.15, 0.2) is 11.4 Å². The number of anilines is 1. The van der Waals surface area contributed by atoms with Gasteiger partial charge in [0.25, 0.3) is 0 Å². The van der Waals surface area contributed by atoms with E-state index in [1.54, 1.807) is 7.11 Å². The highest BCUT2D eigenvalue weighted by Gasteiger charge is 2.25. The van der Waals surface area contributed by atoms with Crippen LogP contribution in [0.15, 0.2) is 72.9 Å². The number of hydrogen-bond acceptors (Lipinski definition) is 9. The van der Waals surface area contributed by atoms with Crippen LogP contribution in [0.2, 0.25) is 0 Å². The van der Waals surface area contributed by atoms with Gasteiger partial charge in [-0.1, -0.05) is 61.9 Å². The highest BCUT2D eigenvalue weighted by Crippen LogP contribution is 2.29. The maximum Gasteiger partial charge on any atom is 0.360 e. The zero-order valence-corrected chi connectivity index (χ0v) is 28.0. The molecule has 0 N–H and O–H groups in total. The summed E-state index contributed by atoms with van der Waals surface area (Å²) in [7, 11) is 1.62. The number of unbranched alkanes of at least 4 members (excludes halogenated alkanes) is 1. The fourth-order valence-corrected chi connectivity index (χ4v) is 5.71. The van der Waals surface area contributed by atoms with Crippen LogP contribution >= 0.6 is 0 Å². The molecular weight excluding hydrogens is 592 g/mol. The van der Waals surface area contributed by atoms with Gasteiger partial charge in [0.05, 0.1) is 24.1 Å². The molecule has 0 radical (unpaired) electrons. The first-order chi connectivity index (χ1) is 22.9. The van der Waals surface area contributed by atoms with Crippen LogP contribution in [0, 0.1) is 12.8 Å². The molecule has 1 fully saturated rings. The van der Waals surface area contributed by atoms with Crippen molar-refractivity contribution in [3.8, 4) is 17.0 Å². The van der Waals surface area contributed by atoms with E-state index in [4.69, 9.17) is 28.9 Å². The van der Waals surface area contributed by atoms with Gasteiger partial charge in [0, 0.05) is 44.1 Å². The quantitative estimate of drug-likeness (QED) is 0.0744. The van der Waals surface area contributed by atoms with Gasteiger partial charge in [-0.25, -0.2) is 14.8 Å². The van der Waals surface area contributed by atoms with E-state index >= 15 is 0 Å². The lowest BCUT2D eigenvalue weighted by molar-refractivity contribution is -0.0667. The minimum Gasteiger partial charge on any atom is -0.484 e. The van der Waals surface area contributed by atoms with E-state index in [9.17, 15) is 4.79 Å². The number of hydrogen-bond donors (Lipinski definition) is 0. The Morgan fingerprint density at radius 1 is 1.00 bits per heavy atom. The Balaban J connectivity index is 1.19. The van der Waals surface area contributed by atoms with E-state index in [0.29, 0.717) is 42.8 Å². The molecule has 47 heavy (non-hydrogen) atoms. The summed E-state index contributed by atoms with van der Waals surface area (Å²) in [5.41, 5.74) is 6.11. The molecule has 9 heteroatoms. The Bertz CT molecular complexity index is 1560. The Kier molecular flexibility index (Phi) is 12.3. The van der Waals surface area contributed by atoms with Crippen molar-refractivity contribution in [3.05, 3.63) is 101 Å². The van der Waals surface area contributed by atoms with Crippen LogP contribution in [0.25, 0.3) is 11.3 Å². The first kappa shape index (κ1) is 34.0.